The van der Waals surface area contributed by atoms with Crippen LogP contribution in [0.2, 0.25) is 5.02 Å². The molecule has 2 N–H and O–H groups in total. The number of piperidine rings is 1. The highest BCUT2D eigenvalue weighted by molar-refractivity contribution is 6.30. The lowest BCUT2D eigenvalue weighted by molar-refractivity contribution is -0.115. The van der Waals surface area contributed by atoms with E-state index in [2.05, 4.69) is 16.7 Å². The highest BCUT2D eigenvalue weighted by Crippen LogP contribution is 2.32. The third-order valence-electron chi connectivity index (χ3n) is 6.72. The first-order valence-corrected chi connectivity index (χ1v) is 13.3. The van der Waals surface area contributed by atoms with Crippen LogP contribution < -0.4 is 10.6 Å². The molecule has 2 amide bonds. The Labute approximate surface area is 224 Å². The van der Waals surface area contributed by atoms with Gasteiger partial charge in [0.2, 0.25) is 5.91 Å². The molecule has 5 nitrogen and oxygen atoms in total. The Kier molecular flexibility index (Phi) is 9.15. The van der Waals surface area contributed by atoms with Crippen LogP contribution in [0.4, 0.5) is 5.69 Å². The van der Waals surface area contributed by atoms with Gasteiger partial charge in [-0.25, -0.2) is 0 Å². The van der Waals surface area contributed by atoms with Crippen molar-refractivity contribution < 1.29 is 9.59 Å². The van der Waals surface area contributed by atoms with E-state index >= 15 is 0 Å². The van der Waals surface area contributed by atoms with Crippen LogP contribution in [0.1, 0.15) is 53.7 Å². The predicted molar refractivity (Wildman–Crippen MR) is 152 cm³/mol. The fourth-order valence-corrected chi connectivity index (χ4v) is 5.03. The summed E-state index contributed by atoms with van der Waals surface area (Å²) < 4.78 is 0. The highest BCUT2D eigenvalue weighted by Gasteiger charge is 2.17. The summed E-state index contributed by atoms with van der Waals surface area (Å²) in [4.78, 5) is 27.4. The van der Waals surface area contributed by atoms with E-state index in [0.717, 1.165) is 48.3 Å². The molecule has 6 heteroatoms. The predicted octanol–water partition coefficient (Wildman–Crippen LogP) is 6.19. The molecule has 0 aliphatic carbocycles. The molecule has 1 fully saturated rings. The zero-order valence-corrected chi connectivity index (χ0v) is 22.3. The number of halogens is 1. The summed E-state index contributed by atoms with van der Waals surface area (Å²) in [6.07, 6.45) is 2.17. The first-order chi connectivity index (χ1) is 18.0. The quantitative estimate of drug-likeness (QED) is 0.376. The molecule has 1 saturated heterocycles. The first kappa shape index (κ1) is 26.6. The first-order valence-electron chi connectivity index (χ1n) is 13.0. The third-order valence-corrected chi connectivity index (χ3v) is 6.96. The van der Waals surface area contributed by atoms with Crippen molar-refractivity contribution in [1.82, 2.24) is 10.2 Å². The van der Waals surface area contributed by atoms with Gasteiger partial charge < -0.3 is 15.5 Å². The summed E-state index contributed by atoms with van der Waals surface area (Å²) >= 11 is 6.07. The van der Waals surface area contributed by atoms with E-state index in [1.807, 2.05) is 79.4 Å². The second-order valence-electron chi connectivity index (χ2n) is 9.22. The zero-order chi connectivity index (χ0) is 26.2. The fourth-order valence-electron chi connectivity index (χ4n) is 4.82. The minimum Gasteiger partial charge on any atom is -0.339 e. The molecule has 3 aromatic rings. The second kappa shape index (κ2) is 12.7. The molecular weight excluding hydrogens is 482 g/mol. The average Bonchev–Trinajstić information content (AvgIpc) is 2.91. The molecule has 1 heterocycles. The molecule has 192 valence electrons. The monoisotopic (exact) mass is 515 g/mol. The topological polar surface area (TPSA) is 61.4 Å². The van der Waals surface area contributed by atoms with Gasteiger partial charge in [-0.1, -0.05) is 53.6 Å². The van der Waals surface area contributed by atoms with Gasteiger partial charge >= 0.3 is 0 Å². The minimum absolute atomic E-state index is 0.0528. The van der Waals surface area contributed by atoms with Crippen molar-refractivity contribution >= 4 is 34.7 Å². The van der Waals surface area contributed by atoms with Gasteiger partial charge in [-0.15, -0.1) is 0 Å². The summed E-state index contributed by atoms with van der Waals surface area (Å²) in [6.45, 7) is 7.25. The van der Waals surface area contributed by atoms with E-state index in [1.54, 1.807) is 6.07 Å². The van der Waals surface area contributed by atoms with Crippen LogP contribution >= 0.6 is 11.6 Å². The Morgan fingerprint density at radius 2 is 1.54 bits per heavy atom. The second-order valence-corrected chi connectivity index (χ2v) is 9.66. The Morgan fingerprint density at radius 1 is 0.865 bits per heavy atom. The number of carbonyl (C=O) groups is 2. The summed E-state index contributed by atoms with van der Waals surface area (Å²) in [7, 11) is 0. The van der Waals surface area contributed by atoms with Crippen molar-refractivity contribution in [2.45, 2.75) is 33.1 Å². The SMILES string of the molecule is CCN(CC)C(=O)c1ccc(C(=C2CCNCC2)c2cccc(NC(=O)Cc3cccc(Cl)c3)c2)cc1. The number of benzene rings is 3. The molecule has 1 aliphatic heterocycles. The number of nitrogens with one attached hydrogen (secondary N) is 2. The van der Waals surface area contributed by atoms with Crippen molar-refractivity contribution in [3.05, 3.63) is 106 Å². The Balaban J connectivity index is 1.61. The van der Waals surface area contributed by atoms with Crippen molar-refractivity contribution in [3.63, 3.8) is 0 Å². The molecule has 1 aliphatic rings. The van der Waals surface area contributed by atoms with Gasteiger partial charge in [0.05, 0.1) is 6.42 Å². The van der Waals surface area contributed by atoms with E-state index in [-0.39, 0.29) is 18.2 Å². The lowest BCUT2D eigenvalue weighted by Gasteiger charge is -2.22. The minimum atomic E-state index is -0.0882. The Hall–Kier alpha value is -3.41. The van der Waals surface area contributed by atoms with Gasteiger partial charge in [-0.05, 0) is 98.4 Å². The molecule has 0 aromatic heterocycles. The van der Waals surface area contributed by atoms with Crippen LogP contribution in [0.25, 0.3) is 5.57 Å². The van der Waals surface area contributed by atoms with Gasteiger partial charge in [-0.2, -0.15) is 0 Å². The van der Waals surface area contributed by atoms with Gasteiger partial charge in [0.1, 0.15) is 0 Å². The summed E-state index contributed by atoms with van der Waals surface area (Å²) in [5.74, 6) is -0.0354. The fraction of sp³-hybridized carbons (Fsp3) is 0.290. The van der Waals surface area contributed by atoms with Gasteiger partial charge in [0.15, 0.2) is 0 Å². The van der Waals surface area contributed by atoms with E-state index in [4.69, 9.17) is 11.6 Å². The Bertz CT molecular complexity index is 1270. The number of amides is 2. The van der Waals surface area contributed by atoms with Crippen LogP contribution in [-0.2, 0) is 11.2 Å². The van der Waals surface area contributed by atoms with Crippen LogP contribution in [0, 0.1) is 0 Å². The third kappa shape index (κ3) is 6.88. The zero-order valence-electron chi connectivity index (χ0n) is 21.5. The van der Waals surface area contributed by atoms with E-state index in [0.29, 0.717) is 23.7 Å². The molecule has 0 radical (unpaired) electrons. The average molecular weight is 516 g/mol. The van der Waals surface area contributed by atoms with Crippen LogP contribution in [0.3, 0.4) is 0 Å². The summed E-state index contributed by atoms with van der Waals surface area (Å²) in [5.41, 5.74) is 7.01. The van der Waals surface area contributed by atoms with Gasteiger partial charge in [-0.3, -0.25) is 9.59 Å². The van der Waals surface area contributed by atoms with Crippen molar-refractivity contribution in [2.24, 2.45) is 0 Å². The number of rotatable bonds is 8. The largest absolute Gasteiger partial charge is 0.339 e. The smallest absolute Gasteiger partial charge is 0.253 e. The van der Waals surface area contributed by atoms with E-state index in [9.17, 15) is 9.59 Å². The lowest BCUT2D eigenvalue weighted by Crippen LogP contribution is -2.30. The summed E-state index contributed by atoms with van der Waals surface area (Å²) in [6, 6.07) is 23.3. The van der Waals surface area contributed by atoms with E-state index < -0.39 is 0 Å². The van der Waals surface area contributed by atoms with Gasteiger partial charge in [0.25, 0.3) is 5.91 Å². The van der Waals surface area contributed by atoms with Crippen LogP contribution in [0.5, 0.6) is 0 Å². The highest BCUT2D eigenvalue weighted by atomic mass is 35.5. The van der Waals surface area contributed by atoms with Crippen LogP contribution in [-0.4, -0.2) is 42.9 Å². The number of hydrogen-bond donors (Lipinski definition) is 2. The van der Waals surface area contributed by atoms with Gasteiger partial charge in [0, 0.05) is 29.4 Å². The van der Waals surface area contributed by atoms with E-state index in [1.165, 1.54) is 11.1 Å². The standard InChI is InChI=1S/C31H34ClN3O2/c1-3-35(4-2)31(37)25-13-11-23(12-14-25)30(24-15-17-33-18-16-24)26-8-6-10-28(21-26)34-29(36)20-22-7-5-9-27(32)19-22/h5-14,19,21,33H,3-4,15-18,20H2,1-2H3,(H,34,36). The molecule has 37 heavy (non-hydrogen) atoms. The normalized spacial score (nSPS) is 13.2. The molecule has 0 atom stereocenters. The molecule has 3 aromatic carbocycles. The number of nitrogens with zero attached hydrogens (tertiary/aromatic N) is 1. The maximum absolute atomic E-state index is 12.8. The van der Waals surface area contributed by atoms with Crippen molar-refractivity contribution in [1.29, 1.82) is 0 Å². The molecule has 4 rings (SSSR count). The van der Waals surface area contributed by atoms with Crippen LogP contribution in [0.15, 0.2) is 78.4 Å². The molecule has 0 unspecified atom stereocenters. The maximum Gasteiger partial charge on any atom is 0.253 e. The lowest BCUT2D eigenvalue weighted by atomic mass is 9.88. The molecule has 0 saturated carbocycles. The summed E-state index contributed by atoms with van der Waals surface area (Å²) in [5, 5.41) is 7.10. The molecule has 0 bridgehead atoms. The molecular formula is C31H34ClN3O2. The van der Waals surface area contributed by atoms with Crippen molar-refractivity contribution in [3.8, 4) is 0 Å². The number of carbonyl (C=O) groups excluding carboxylic acids is 2. The molecule has 0 spiro atoms. The van der Waals surface area contributed by atoms with Crippen molar-refractivity contribution in [2.75, 3.05) is 31.5 Å². The number of anilines is 1. The number of hydrogen-bond acceptors (Lipinski definition) is 3. The maximum atomic E-state index is 12.8. The Morgan fingerprint density at radius 3 is 2.22 bits per heavy atom.